The van der Waals surface area contributed by atoms with E-state index in [1.807, 2.05) is 41.4 Å². The molecule has 3 fully saturated rings. The summed E-state index contributed by atoms with van der Waals surface area (Å²) in [5, 5.41) is 20.8. The number of amides is 1. The van der Waals surface area contributed by atoms with Crippen molar-refractivity contribution in [3.8, 4) is 5.75 Å². The molecule has 9 heteroatoms. The van der Waals surface area contributed by atoms with Gasteiger partial charge in [-0.1, -0.05) is 35.9 Å². The van der Waals surface area contributed by atoms with E-state index in [4.69, 9.17) is 4.74 Å². The van der Waals surface area contributed by atoms with Crippen molar-refractivity contribution in [1.82, 2.24) is 24.9 Å². The number of nitrogens with zero attached hydrogens (tertiary/aromatic N) is 5. The van der Waals surface area contributed by atoms with Gasteiger partial charge in [0, 0.05) is 30.7 Å². The van der Waals surface area contributed by atoms with Crippen molar-refractivity contribution in [2.24, 2.45) is 11.8 Å². The predicted molar refractivity (Wildman–Crippen MR) is 143 cm³/mol. The largest absolute Gasteiger partial charge is 0.497 e. The van der Waals surface area contributed by atoms with Gasteiger partial charge in [-0.2, -0.15) is 0 Å². The number of hydrogen-bond donors (Lipinski definition) is 1. The molecule has 37 heavy (non-hydrogen) atoms. The Kier molecular flexibility index (Phi) is 6.44. The van der Waals surface area contributed by atoms with Crippen LogP contribution in [0.25, 0.3) is 10.9 Å². The summed E-state index contributed by atoms with van der Waals surface area (Å²) >= 11 is 1.43. The van der Waals surface area contributed by atoms with E-state index in [2.05, 4.69) is 32.8 Å². The van der Waals surface area contributed by atoms with Gasteiger partial charge in [0.25, 0.3) is 5.24 Å². The maximum atomic E-state index is 13.0. The van der Waals surface area contributed by atoms with Gasteiger partial charge in [0.2, 0.25) is 0 Å². The van der Waals surface area contributed by atoms with Crippen LogP contribution in [0.2, 0.25) is 0 Å². The molecule has 1 N–H and O–H groups in total. The Bertz CT molecular complexity index is 1320. The molecular weight excluding hydrogens is 486 g/mol. The second-order valence-corrected chi connectivity index (χ2v) is 11.7. The summed E-state index contributed by atoms with van der Waals surface area (Å²) in [5.41, 5.74) is 1.89. The van der Waals surface area contributed by atoms with E-state index in [9.17, 15) is 9.90 Å². The first-order valence-corrected chi connectivity index (χ1v) is 14.0. The maximum absolute atomic E-state index is 13.0. The second-order valence-electron chi connectivity index (χ2n) is 10.6. The van der Waals surface area contributed by atoms with Gasteiger partial charge in [0.15, 0.2) is 0 Å². The predicted octanol–water partition coefficient (Wildman–Crippen LogP) is 5.09. The van der Waals surface area contributed by atoms with E-state index in [0.29, 0.717) is 18.2 Å². The van der Waals surface area contributed by atoms with E-state index < -0.39 is 5.60 Å². The van der Waals surface area contributed by atoms with Crippen LogP contribution in [0.15, 0.2) is 49.3 Å². The lowest BCUT2D eigenvalue weighted by Crippen LogP contribution is -2.43. The summed E-state index contributed by atoms with van der Waals surface area (Å²) < 4.78 is 7.34. The molecule has 1 saturated carbocycles. The zero-order valence-corrected chi connectivity index (χ0v) is 21.9. The quantitative estimate of drug-likeness (QED) is 0.435. The summed E-state index contributed by atoms with van der Waals surface area (Å²) in [4.78, 5) is 19.6. The number of methoxy groups -OCH3 is 1. The monoisotopic (exact) mass is 519 g/mol. The summed E-state index contributed by atoms with van der Waals surface area (Å²) in [7, 11) is 1.67. The maximum Gasteiger partial charge on any atom is 0.282 e. The molecule has 2 saturated heterocycles. The third-order valence-electron chi connectivity index (χ3n) is 8.54. The van der Waals surface area contributed by atoms with Crippen molar-refractivity contribution in [2.75, 3.05) is 13.7 Å². The first-order chi connectivity index (χ1) is 18.0. The van der Waals surface area contributed by atoms with Gasteiger partial charge in [-0.05, 0) is 67.3 Å². The lowest BCUT2D eigenvalue weighted by atomic mass is 9.79. The molecule has 3 aliphatic rings. The molecule has 4 heterocycles. The first kappa shape index (κ1) is 24.4. The molecule has 194 valence electrons. The zero-order valence-electron chi connectivity index (χ0n) is 21.1. The van der Waals surface area contributed by atoms with E-state index >= 15 is 0 Å². The summed E-state index contributed by atoms with van der Waals surface area (Å²) in [6, 6.07) is 8.09. The molecule has 0 bridgehead atoms. The van der Waals surface area contributed by atoms with Gasteiger partial charge in [-0.3, -0.25) is 14.5 Å². The molecule has 0 spiro atoms. The topological polar surface area (TPSA) is 93.4 Å². The molecule has 1 amide bonds. The number of hydrogen-bond acceptors (Lipinski definition) is 7. The number of carbonyl (C=O) groups excluding carboxylic acids is 1. The van der Waals surface area contributed by atoms with Crippen molar-refractivity contribution in [3.05, 3.63) is 60.6 Å². The molecular formula is C28H33N5O3S. The van der Waals surface area contributed by atoms with Crippen LogP contribution in [0.4, 0.5) is 4.79 Å². The lowest BCUT2D eigenvalue weighted by Gasteiger charge is -2.39. The molecule has 0 unspecified atom stereocenters. The smallest absolute Gasteiger partial charge is 0.282 e. The Hall–Kier alpha value is -2.91. The minimum atomic E-state index is -0.835. The fraction of sp³-hybridized carbons (Fsp3) is 0.500. The van der Waals surface area contributed by atoms with Crippen LogP contribution in [0.3, 0.4) is 0 Å². The number of piperidine rings is 1. The number of ether oxygens (including phenoxy) is 1. The average Bonchev–Trinajstić information content (AvgIpc) is 3.66. The minimum Gasteiger partial charge on any atom is -0.497 e. The van der Waals surface area contributed by atoms with Crippen molar-refractivity contribution in [3.63, 3.8) is 0 Å². The van der Waals surface area contributed by atoms with Crippen LogP contribution >= 0.6 is 11.8 Å². The van der Waals surface area contributed by atoms with E-state index in [1.54, 1.807) is 7.11 Å². The second kappa shape index (κ2) is 9.76. The van der Waals surface area contributed by atoms with E-state index in [-0.39, 0.29) is 22.4 Å². The zero-order chi connectivity index (χ0) is 25.6. The average molecular weight is 520 g/mol. The Morgan fingerprint density at radius 3 is 2.95 bits per heavy atom. The van der Waals surface area contributed by atoms with E-state index in [1.165, 1.54) is 11.8 Å². The Morgan fingerprint density at radius 2 is 2.16 bits per heavy atom. The standard InChI is InChI=1S/C28H33N5O3S/c1-3-18(16-32-17-25(30-31-32)28(35)10-4-5-11-28)19-9-13-33-24(14-19)26(37-27(33)34)21-8-12-29-23-7-6-20(36-2)15-22(21)23/h3,6-8,12,15,17-19,24,26,35H,1,4-5,9-11,13-14,16H2,2H3/t18-,19-,24-,26-/m0/s1. The number of carbonyl (C=O) groups is 1. The number of aliphatic hydroxyl groups is 1. The van der Waals surface area contributed by atoms with Crippen LogP contribution in [0.1, 0.15) is 55.0 Å². The molecule has 8 nitrogen and oxygen atoms in total. The number of rotatable bonds is 7. The van der Waals surface area contributed by atoms with Gasteiger partial charge in [0.05, 0.1) is 24.1 Å². The molecule has 2 aromatic heterocycles. The van der Waals surface area contributed by atoms with Crippen LogP contribution in [-0.2, 0) is 12.1 Å². The molecule has 0 radical (unpaired) electrons. The van der Waals surface area contributed by atoms with E-state index in [0.717, 1.165) is 67.3 Å². The highest BCUT2D eigenvalue weighted by atomic mass is 32.2. The van der Waals surface area contributed by atoms with Crippen molar-refractivity contribution in [1.29, 1.82) is 0 Å². The van der Waals surface area contributed by atoms with Crippen LogP contribution < -0.4 is 4.74 Å². The van der Waals surface area contributed by atoms with Crippen molar-refractivity contribution >= 4 is 27.9 Å². The SMILES string of the molecule is C=C[C@@H](Cn1cc(C2(O)CCCC2)nn1)[C@H]1CCN2C(=O)S[C@@H](c3ccnc4ccc(OC)cc34)[C@@H]2C1. The fourth-order valence-electron chi connectivity index (χ4n) is 6.42. The molecule has 3 aromatic rings. The van der Waals surface area contributed by atoms with Crippen molar-refractivity contribution < 1.29 is 14.6 Å². The van der Waals surface area contributed by atoms with Crippen molar-refractivity contribution in [2.45, 2.75) is 62.0 Å². The Balaban J connectivity index is 1.23. The van der Waals surface area contributed by atoms with Gasteiger partial charge in [-0.25, -0.2) is 0 Å². The van der Waals surface area contributed by atoms with Gasteiger partial charge >= 0.3 is 0 Å². The summed E-state index contributed by atoms with van der Waals surface area (Å²) in [5.74, 6) is 1.36. The number of aromatic nitrogens is 4. The highest BCUT2D eigenvalue weighted by Gasteiger charge is 2.46. The number of thioether (sulfide) groups is 1. The summed E-state index contributed by atoms with van der Waals surface area (Å²) in [6.07, 6.45) is 11.2. The highest BCUT2D eigenvalue weighted by molar-refractivity contribution is 8.14. The van der Waals surface area contributed by atoms with Gasteiger partial charge in [0.1, 0.15) is 17.0 Å². The highest BCUT2D eigenvalue weighted by Crippen LogP contribution is 2.50. The van der Waals surface area contributed by atoms with Gasteiger partial charge in [-0.15, -0.1) is 11.7 Å². The third-order valence-corrected chi connectivity index (χ3v) is 9.80. The molecule has 6 rings (SSSR count). The first-order valence-electron chi connectivity index (χ1n) is 13.1. The fourth-order valence-corrected chi connectivity index (χ4v) is 7.75. The molecule has 2 aliphatic heterocycles. The minimum absolute atomic E-state index is 0.0351. The number of benzene rings is 1. The number of pyridine rings is 1. The van der Waals surface area contributed by atoms with Crippen LogP contribution in [-0.4, -0.2) is 54.9 Å². The summed E-state index contributed by atoms with van der Waals surface area (Å²) in [6.45, 7) is 5.57. The normalized spacial score (nSPS) is 25.8. The third kappa shape index (κ3) is 4.42. The number of fused-ring (bicyclic) bond motifs is 2. The Morgan fingerprint density at radius 1 is 1.32 bits per heavy atom. The Labute approximate surface area is 221 Å². The van der Waals surface area contributed by atoms with Gasteiger partial charge < -0.3 is 14.7 Å². The molecule has 1 aliphatic carbocycles. The molecule has 4 atom stereocenters. The van der Waals surface area contributed by atoms with Crippen LogP contribution in [0.5, 0.6) is 5.75 Å². The molecule has 1 aromatic carbocycles. The lowest BCUT2D eigenvalue weighted by molar-refractivity contribution is 0.0398. The number of allylic oxidation sites excluding steroid dienone is 1. The van der Waals surface area contributed by atoms with Crippen LogP contribution in [0, 0.1) is 11.8 Å².